The molecule has 0 aliphatic heterocycles. The molecule has 8 aromatic rings. The first-order valence-corrected chi connectivity index (χ1v) is 20.6. The van der Waals surface area contributed by atoms with E-state index < -0.39 is 0 Å². The summed E-state index contributed by atoms with van der Waals surface area (Å²) in [4.78, 5) is 14.5. The summed E-state index contributed by atoms with van der Waals surface area (Å²) in [5, 5.41) is 23.6. The second kappa shape index (κ2) is 7.26. The number of fused-ring (bicyclic) bond motifs is 2. The average Bonchev–Trinajstić information content (AvgIpc) is 4.00. The Balaban J connectivity index is 1.18. The molecule has 9 aliphatic carbocycles. The number of carbonyl (C=O) groups excluding carboxylic acids is 1. The van der Waals surface area contributed by atoms with Gasteiger partial charge < -0.3 is 4.74 Å². The van der Waals surface area contributed by atoms with E-state index in [-0.39, 0.29) is 11.4 Å². The number of methoxy groups -OCH3 is 1. The van der Waals surface area contributed by atoms with Crippen LogP contribution in [-0.4, -0.2) is 13.1 Å². The lowest BCUT2D eigenvalue weighted by Crippen LogP contribution is -2.38. The van der Waals surface area contributed by atoms with Gasteiger partial charge in [0.25, 0.3) is 0 Å². The SMILES string of the molecule is COC(=O)CCC1(c2cccs2)CC=C2CC3C=C4Cc5cc6c7c8c9c%10c%11c(c4c5c7%10)C3c3c2c2c4c5c(cc7c(c5c9c4c3%11)C8C(C=7)C6)C1C2. The lowest BCUT2D eigenvalue weighted by atomic mass is 9.58. The van der Waals surface area contributed by atoms with Crippen molar-refractivity contribution in [1.29, 1.82) is 0 Å². The molecule has 6 atom stereocenters. The van der Waals surface area contributed by atoms with Gasteiger partial charge >= 0.3 is 5.97 Å². The summed E-state index contributed by atoms with van der Waals surface area (Å²) < 4.78 is 5.36. The Morgan fingerprint density at radius 2 is 1.56 bits per heavy atom. The number of hydrogen-bond acceptors (Lipinski definition) is 3. The summed E-state index contributed by atoms with van der Waals surface area (Å²) in [5.74, 6) is 2.21. The van der Waals surface area contributed by atoms with Gasteiger partial charge in [0.05, 0.1) is 7.11 Å². The molecule has 9 aliphatic rings. The van der Waals surface area contributed by atoms with Crippen LogP contribution in [0.2, 0.25) is 0 Å². The van der Waals surface area contributed by atoms with Crippen LogP contribution in [0.25, 0.3) is 81.9 Å². The molecular formula is C49H30O2S. The molecule has 244 valence electrons. The molecule has 0 saturated carbocycles. The van der Waals surface area contributed by atoms with Gasteiger partial charge in [-0.15, -0.1) is 11.3 Å². The van der Waals surface area contributed by atoms with Crippen LogP contribution in [0.5, 0.6) is 0 Å². The molecule has 3 heteroatoms. The van der Waals surface area contributed by atoms with Crippen molar-refractivity contribution in [2.75, 3.05) is 7.11 Å². The van der Waals surface area contributed by atoms with Crippen molar-refractivity contribution in [2.24, 2.45) is 11.8 Å². The minimum absolute atomic E-state index is 0.0849. The molecule has 0 radical (unpaired) electrons. The van der Waals surface area contributed by atoms with Gasteiger partial charge in [0.15, 0.2) is 0 Å². The van der Waals surface area contributed by atoms with E-state index in [9.17, 15) is 4.79 Å². The number of hydrogen-bond donors (Lipinski definition) is 0. The third-order valence-electron chi connectivity index (χ3n) is 16.9. The highest BCUT2D eigenvalue weighted by Crippen LogP contribution is 2.72. The van der Waals surface area contributed by atoms with Crippen LogP contribution in [-0.2, 0) is 34.2 Å². The average molecular weight is 683 g/mol. The second-order valence-electron chi connectivity index (χ2n) is 18.3. The first-order valence-electron chi connectivity index (χ1n) is 19.8. The largest absolute Gasteiger partial charge is 0.469 e. The molecule has 0 saturated heterocycles. The maximum absolute atomic E-state index is 13.1. The van der Waals surface area contributed by atoms with Crippen LogP contribution in [0, 0.1) is 11.8 Å². The molecule has 52 heavy (non-hydrogen) atoms. The second-order valence-corrected chi connectivity index (χ2v) is 19.2. The molecule has 0 N–H and O–H groups in total. The number of benzene rings is 5. The van der Waals surface area contributed by atoms with Crippen LogP contribution in [0.15, 0.2) is 41.8 Å². The minimum Gasteiger partial charge on any atom is -0.469 e. The first-order chi connectivity index (χ1) is 25.6. The number of ether oxygens (including phenoxy) is 1. The Hall–Kier alpha value is -4.73. The predicted molar refractivity (Wildman–Crippen MR) is 210 cm³/mol. The summed E-state index contributed by atoms with van der Waals surface area (Å²) >= 11 is 1.91. The van der Waals surface area contributed by atoms with E-state index >= 15 is 0 Å². The van der Waals surface area contributed by atoms with Gasteiger partial charge in [0.2, 0.25) is 0 Å². The number of rotatable bonds is 4. The summed E-state index contributed by atoms with van der Waals surface area (Å²) in [6.45, 7) is 0. The van der Waals surface area contributed by atoms with E-state index in [1.165, 1.54) is 10.1 Å². The van der Waals surface area contributed by atoms with Crippen LogP contribution in [0.4, 0.5) is 0 Å². The van der Waals surface area contributed by atoms with Gasteiger partial charge in [0.1, 0.15) is 0 Å². The summed E-state index contributed by atoms with van der Waals surface area (Å²) in [5.41, 5.74) is 19.7. The Kier molecular flexibility index (Phi) is 3.53. The van der Waals surface area contributed by atoms with Crippen molar-refractivity contribution < 1.29 is 9.53 Å². The Morgan fingerprint density at radius 1 is 0.769 bits per heavy atom. The lowest BCUT2D eigenvalue weighted by Gasteiger charge is -2.46. The van der Waals surface area contributed by atoms with Gasteiger partial charge in [0, 0.05) is 28.5 Å². The number of thiophene rings is 1. The van der Waals surface area contributed by atoms with Gasteiger partial charge in [-0.05, 0) is 204 Å². The van der Waals surface area contributed by atoms with Gasteiger partial charge in [-0.3, -0.25) is 4.79 Å². The van der Waals surface area contributed by atoms with E-state index in [2.05, 4.69) is 47.9 Å². The zero-order valence-electron chi connectivity index (χ0n) is 28.7. The summed E-state index contributed by atoms with van der Waals surface area (Å²) in [6.07, 6.45) is 14.9. The highest BCUT2D eigenvalue weighted by atomic mass is 32.1. The van der Waals surface area contributed by atoms with Crippen molar-refractivity contribution in [1.82, 2.24) is 0 Å². The monoisotopic (exact) mass is 682 g/mol. The minimum atomic E-state index is -0.178. The summed E-state index contributed by atoms with van der Waals surface area (Å²) in [7, 11) is 1.56. The number of carbonyl (C=O) groups is 1. The first kappa shape index (κ1) is 25.3. The molecule has 0 amide bonds. The number of esters is 1. The molecule has 1 heterocycles. The fourth-order valence-corrected chi connectivity index (χ4v) is 16.7. The fourth-order valence-electron chi connectivity index (χ4n) is 15.7. The highest BCUT2D eigenvalue weighted by molar-refractivity contribution is 7.10. The molecule has 2 nitrogen and oxygen atoms in total. The predicted octanol–water partition coefficient (Wildman–Crippen LogP) is 10.4. The van der Waals surface area contributed by atoms with Crippen molar-refractivity contribution in [2.45, 2.75) is 68.1 Å². The standard InChI is InChI=1S/C49H30O2S/c1-51-28(50)5-7-49(27-3-2-8-52-27)6-4-17-9-18-10-19-11-20-12-22-13-21-14-23-15-24-26(49)16-25-29(17)38-34(18)39-30(19)31(20)40-35(22)41-32(21)33(23)42-36(24)37(25)43-44(38)45(39)46(40)47(41)48(42)43/h2-4,8,10,12,14-15,18,21,26,32,34H,5-7,9,11,13,16H2,1H3. The summed E-state index contributed by atoms with van der Waals surface area (Å²) in [6, 6.07) is 10.0. The Morgan fingerprint density at radius 3 is 2.42 bits per heavy atom. The maximum Gasteiger partial charge on any atom is 0.305 e. The van der Waals surface area contributed by atoms with Crippen molar-refractivity contribution >= 4 is 99.2 Å². The van der Waals surface area contributed by atoms with Crippen LogP contribution in [0.3, 0.4) is 0 Å². The van der Waals surface area contributed by atoms with Gasteiger partial charge in [-0.1, -0.05) is 36.4 Å². The van der Waals surface area contributed by atoms with E-state index in [0.717, 1.165) is 38.5 Å². The Labute approximate surface area is 302 Å². The molecule has 1 aromatic heterocycles. The van der Waals surface area contributed by atoms with E-state index in [1.54, 1.807) is 139 Å². The third kappa shape index (κ3) is 2.13. The van der Waals surface area contributed by atoms with E-state index in [1.807, 2.05) is 11.3 Å². The lowest BCUT2D eigenvalue weighted by molar-refractivity contribution is -0.141. The maximum atomic E-state index is 13.1. The highest BCUT2D eigenvalue weighted by Gasteiger charge is 2.55. The zero-order chi connectivity index (χ0) is 33.0. The quantitative estimate of drug-likeness (QED) is 0.136. The molecule has 0 spiro atoms. The fraction of sp³-hybridized carbons (Fsp3) is 0.286. The Bertz CT molecular complexity index is 3410. The van der Waals surface area contributed by atoms with E-state index in [4.69, 9.17) is 4.74 Å². The van der Waals surface area contributed by atoms with Crippen molar-refractivity contribution in [3.63, 3.8) is 0 Å². The topological polar surface area (TPSA) is 26.3 Å². The number of allylic oxidation sites excluding steroid dienone is 4. The van der Waals surface area contributed by atoms with Gasteiger partial charge in [-0.2, -0.15) is 0 Å². The van der Waals surface area contributed by atoms with Crippen LogP contribution >= 0.6 is 11.3 Å². The normalized spacial score (nSPS) is 29.0. The van der Waals surface area contributed by atoms with Gasteiger partial charge in [-0.25, -0.2) is 0 Å². The van der Waals surface area contributed by atoms with Crippen molar-refractivity contribution in [3.05, 3.63) is 108 Å². The van der Waals surface area contributed by atoms with E-state index in [0.29, 0.717) is 36.0 Å². The molecule has 2 bridgehead atoms. The molecule has 17 rings (SSSR count). The molecular weight excluding hydrogens is 653 g/mol. The van der Waals surface area contributed by atoms with Crippen molar-refractivity contribution in [3.8, 4) is 0 Å². The molecule has 0 fully saturated rings. The molecule has 6 unspecified atom stereocenters. The van der Waals surface area contributed by atoms with Crippen LogP contribution in [0.1, 0.15) is 104 Å². The smallest absolute Gasteiger partial charge is 0.305 e. The third-order valence-corrected chi connectivity index (χ3v) is 18.0. The molecule has 7 aromatic carbocycles. The van der Waals surface area contributed by atoms with Crippen LogP contribution < -0.4 is 5.22 Å². The zero-order valence-corrected chi connectivity index (χ0v) is 29.5.